The van der Waals surface area contributed by atoms with E-state index in [4.69, 9.17) is 4.74 Å². The Kier molecular flexibility index (Phi) is 8.50. The maximum atomic E-state index is 12.4. The minimum atomic E-state index is 0. The second kappa shape index (κ2) is 9.61. The molecule has 0 saturated carbocycles. The molecular formula is C16H28Cl2N4O2. The van der Waals surface area contributed by atoms with E-state index >= 15 is 0 Å². The van der Waals surface area contributed by atoms with Crippen LogP contribution in [0.2, 0.25) is 0 Å². The van der Waals surface area contributed by atoms with E-state index in [1.165, 1.54) is 6.42 Å². The summed E-state index contributed by atoms with van der Waals surface area (Å²) < 4.78 is 7.80. The summed E-state index contributed by atoms with van der Waals surface area (Å²) in [5.74, 6) is 0.251. The molecule has 2 atom stereocenters. The van der Waals surface area contributed by atoms with Gasteiger partial charge < -0.3 is 15.0 Å². The zero-order valence-electron chi connectivity index (χ0n) is 14.4. The number of halogens is 2. The van der Waals surface area contributed by atoms with Crippen LogP contribution < -0.4 is 5.32 Å². The van der Waals surface area contributed by atoms with E-state index in [2.05, 4.69) is 23.4 Å². The van der Waals surface area contributed by atoms with E-state index in [9.17, 15) is 4.79 Å². The van der Waals surface area contributed by atoms with E-state index in [1.54, 1.807) is 0 Å². The van der Waals surface area contributed by atoms with E-state index < -0.39 is 0 Å². The topological polar surface area (TPSA) is 59.4 Å². The molecule has 0 radical (unpaired) electrons. The number of ether oxygens (including phenoxy) is 1. The second-order valence-electron chi connectivity index (χ2n) is 6.44. The van der Waals surface area contributed by atoms with Crippen molar-refractivity contribution in [2.24, 2.45) is 0 Å². The number of amides is 1. The average molecular weight is 379 g/mol. The van der Waals surface area contributed by atoms with Crippen LogP contribution in [0.25, 0.3) is 0 Å². The predicted molar refractivity (Wildman–Crippen MR) is 98.2 cm³/mol. The summed E-state index contributed by atoms with van der Waals surface area (Å²) in [6.45, 7) is 7.80. The fourth-order valence-corrected chi connectivity index (χ4v) is 3.38. The van der Waals surface area contributed by atoms with Crippen molar-refractivity contribution in [2.45, 2.75) is 51.8 Å². The monoisotopic (exact) mass is 378 g/mol. The molecule has 24 heavy (non-hydrogen) atoms. The lowest BCUT2D eigenvalue weighted by molar-refractivity contribution is -0.139. The van der Waals surface area contributed by atoms with Crippen LogP contribution in [-0.4, -0.2) is 59.0 Å². The zero-order chi connectivity index (χ0) is 15.5. The molecule has 8 heteroatoms. The lowest BCUT2D eigenvalue weighted by Gasteiger charge is -2.33. The number of morpholine rings is 1. The normalized spacial score (nSPS) is 23.5. The van der Waals surface area contributed by atoms with Gasteiger partial charge in [0.1, 0.15) is 0 Å². The number of nitrogens with zero attached hydrogens (tertiary/aromatic N) is 3. The summed E-state index contributed by atoms with van der Waals surface area (Å²) in [5.41, 5.74) is 2.16. The summed E-state index contributed by atoms with van der Waals surface area (Å²) in [6.07, 6.45) is 2.95. The fraction of sp³-hybridized carbons (Fsp3) is 0.750. The number of hydrogen-bond donors (Lipinski definition) is 1. The number of carbonyl (C=O) groups is 1. The Bertz CT molecular complexity index is 532. The molecule has 138 valence electrons. The van der Waals surface area contributed by atoms with Crippen molar-refractivity contribution < 1.29 is 9.53 Å². The first-order valence-corrected chi connectivity index (χ1v) is 8.25. The van der Waals surface area contributed by atoms with E-state index in [0.29, 0.717) is 38.7 Å². The molecule has 2 aliphatic rings. The summed E-state index contributed by atoms with van der Waals surface area (Å²) in [5, 5.41) is 7.88. The molecule has 2 unspecified atom stereocenters. The first kappa shape index (κ1) is 21.2. The van der Waals surface area contributed by atoms with Gasteiger partial charge in [0.2, 0.25) is 5.91 Å². The van der Waals surface area contributed by atoms with Gasteiger partial charge >= 0.3 is 0 Å². The van der Waals surface area contributed by atoms with Gasteiger partial charge in [0.05, 0.1) is 24.9 Å². The maximum Gasteiger partial charge on any atom is 0.224 e. The van der Waals surface area contributed by atoms with Gasteiger partial charge in [-0.05, 0) is 39.3 Å². The molecule has 0 aromatic carbocycles. The van der Waals surface area contributed by atoms with Gasteiger partial charge in [-0.15, -0.1) is 24.8 Å². The van der Waals surface area contributed by atoms with E-state index in [-0.39, 0.29) is 36.8 Å². The summed E-state index contributed by atoms with van der Waals surface area (Å²) in [7, 11) is 0. The molecule has 1 amide bonds. The van der Waals surface area contributed by atoms with Crippen LogP contribution in [0, 0.1) is 13.8 Å². The molecule has 2 aliphatic heterocycles. The zero-order valence-corrected chi connectivity index (χ0v) is 16.0. The highest BCUT2D eigenvalue weighted by molar-refractivity contribution is 5.85. The molecule has 0 bridgehead atoms. The van der Waals surface area contributed by atoms with Gasteiger partial charge in [-0.3, -0.25) is 9.48 Å². The van der Waals surface area contributed by atoms with Gasteiger partial charge in [0, 0.05) is 31.2 Å². The molecule has 3 heterocycles. The molecule has 6 nitrogen and oxygen atoms in total. The molecule has 1 aromatic heterocycles. The molecular weight excluding hydrogens is 351 g/mol. The van der Waals surface area contributed by atoms with Crippen molar-refractivity contribution in [3.63, 3.8) is 0 Å². The van der Waals surface area contributed by atoms with Crippen LogP contribution >= 0.6 is 24.8 Å². The number of aromatic nitrogens is 2. The summed E-state index contributed by atoms with van der Waals surface area (Å²) in [6, 6.07) is 2.43. The third kappa shape index (κ3) is 5.34. The molecule has 1 aromatic rings. The lowest BCUT2D eigenvalue weighted by Crippen LogP contribution is -2.48. The van der Waals surface area contributed by atoms with Crippen LogP contribution in [0.15, 0.2) is 6.07 Å². The SMILES string of the molecule is Cc1cc(C)n(CC2CN(C(=O)CC3CCCN3)CCO2)n1.Cl.Cl. The van der Waals surface area contributed by atoms with Crippen molar-refractivity contribution in [1.82, 2.24) is 20.0 Å². The van der Waals surface area contributed by atoms with Gasteiger partial charge in [-0.1, -0.05) is 0 Å². The highest BCUT2D eigenvalue weighted by Gasteiger charge is 2.27. The van der Waals surface area contributed by atoms with Crippen LogP contribution in [-0.2, 0) is 16.1 Å². The Morgan fingerprint density at radius 2 is 2.21 bits per heavy atom. The van der Waals surface area contributed by atoms with E-state index in [1.807, 2.05) is 16.5 Å². The van der Waals surface area contributed by atoms with Crippen LogP contribution in [0.3, 0.4) is 0 Å². The number of rotatable bonds is 4. The maximum absolute atomic E-state index is 12.4. The summed E-state index contributed by atoms with van der Waals surface area (Å²) >= 11 is 0. The first-order valence-electron chi connectivity index (χ1n) is 8.25. The minimum absolute atomic E-state index is 0. The van der Waals surface area contributed by atoms with Crippen molar-refractivity contribution in [1.29, 1.82) is 0 Å². The Balaban J connectivity index is 0.00000144. The highest BCUT2D eigenvalue weighted by Crippen LogP contribution is 2.14. The molecule has 2 saturated heterocycles. The van der Waals surface area contributed by atoms with Gasteiger partial charge in [-0.25, -0.2) is 0 Å². The quantitative estimate of drug-likeness (QED) is 0.866. The second-order valence-corrected chi connectivity index (χ2v) is 6.44. The predicted octanol–water partition coefficient (Wildman–Crippen LogP) is 1.71. The molecule has 1 N–H and O–H groups in total. The number of nitrogens with one attached hydrogen (secondary N) is 1. The van der Waals surface area contributed by atoms with Crippen molar-refractivity contribution >= 4 is 30.7 Å². The first-order chi connectivity index (χ1) is 10.6. The molecule has 2 fully saturated rings. The van der Waals surface area contributed by atoms with Crippen LogP contribution in [0.1, 0.15) is 30.7 Å². The van der Waals surface area contributed by atoms with Gasteiger partial charge in [0.15, 0.2) is 0 Å². The Labute approximate surface area is 156 Å². The molecule has 3 rings (SSSR count). The Morgan fingerprint density at radius 1 is 1.42 bits per heavy atom. The Morgan fingerprint density at radius 3 is 2.83 bits per heavy atom. The van der Waals surface area contributed by atoms with Gasteiger partial charge in [0.25, 0.3) is 0 Å². The minimum Gasteiger partial charge on any atom is -0.373 e. The van der Waals surface area contributed by atoms with Crippen LogP contribution in [0.4, 0.5) is 0 Å². The van der Waals surface area contributed by atoms with Gasteiger partial charge in [-0.2, -0.15) is 5.10 Å². The smallest absolute Gasteiger partial charge is 0.224 e. The number of carbonyl (C=O) groups excluding carboxylic acids is 1. The van der Waals surface area contributed by atoms with Crippen LogP contribution in [0.5, 0.6) is 0 Å². The molecule has 0 spiro atoms. The summed E-state index contributed by atoms with van der Waals surface area (Å²) in [4.78, 5) is 14.4. The number of aryl methyl sites for hydroxylation is 2. The average Bonchev–Trinajstić information content (AvgIpc) is 3.09. The largest absolute Gasteiger partial charge is 0.373 e. The lowest BCUT2D eigenvalue weighted by atomic mass is 10.1. The van der Waals surface area contributed by atoms with Crippen molar-refractivity contribution in [2.75, 3.05) is 26.2 Å². The number of hydrogen-bond acceptors (Lipinski definition) is 4. The van der Waals surface area contributed by atoms with E-state index in [0.717, 1.165) is 24.4 Å². The molecule has 0 aliphatic carbocycles. The van der Waals surface area contributed by atoms with Crippen molar-refractivity contribution in [3.8, 4) is 0 Å². The fourth-order valence-electron chi connectivity index (χ4n) is 3.38. The Hall–Kier alpha value is -0.820. The third-order valence-corrected chi connectivity index (χ3v) is 4.55. The van der Waals surface area contributed by atoms with Crippen molar-refractivity contribution in [3.05, 3.63) is 17.5 Å². The standard InChI is InChI=1S/C16H26N4O2.2ClH/c1-12-8-13(2)20(18-12)11-15-10-19(6-7-22-15)16(21)9-14-4-3-5-17-14;;/h8,14-15,17H,3-7,9-11H2,1-2H3;2*1H. The highest BCUT2D eigenvalue weighted by atomic mass is 35.5. The third-order valence-electron chi connectivity index (χ3n) is 4.55.